The van der Waals surface area contributed by atoms with Crippen LogP contribution in [0.15, 0.2) is 24.3 Å². The van der Waals surface area contributed by atoms with Gasteiger partial charge in [-0.3, -0.25) is 9.59 Å². The van der Waals surface area contributed by atoms with Gasteiger partial charge >= 0.3 is 0 Å². The van der Waals surface area contributed by atoms with Crippen LogP contribution in [0.2, 0.25) is 0 Å². The maximum absolute atomic E-state index is 12.8. The minimum atomic E-state index is -0.610. The summed E-state index contributed by atoms with van der Waals surface area (Å²) in [5, 5.41) is 9.52. The molecule has 0 fully saturated rings. The van der Waals surface area contributed by atoms with Crippen molar-refractivity contribution in [2.45, 2.75) is 48.1 Å². The van der Waals surface area contributed by atoms with Crippen molar-refractivity contribution < 1.29 is 14.7 Å². The van der Waals surface area contributed by atoms with E-state index in [1.807, 2.05) is 41.5 Å². The predicted octanol–water partition coefficient (Wildman–Crippen LogP) is 3.60. The summed E-state index contributed by atoms with van der Waals surface area (Å²) in [5.41, 5.74) is 0.106. The fraction of sp³-hybridized carbons (Fsp3) is 0.556. The molecule has 4 nitrogen and oxygen atoms in total. The first kappa shape index (κ1) is 21.6. The van der Waals surface area contributed by atoms with Gasteiger partial charge < -0.3 is 10.0 Å². The minimum absolute atomic E-state index is 0. The molecule has 0 atom stereocenters. The number of ketones is 1. The first-order valence-corrected chi connectivity index (χ1v) is 7.52. The van der Waals surface area contributed by atoms with Gasteiger partial charge in [-0.05, 0) is 6.07 Å². The molecule has 130 valence electrons. The molecule has 23 heavy (non-hydrogen) atoms. The summed E-state index contributed by atoms with van der Waals surface area (Å²) in [5.74, 6) is -0.149. The molecule has 0 aliphatic rings. The summed E-state index contributed by atoms with van der Waals surface area (Å²) in [6.45, 7) is 10.8. The highest BCUT2D eigenvalue weighted by Crippen LogP contribution is 2.28. The van der Waals surface area contributed by atoms with Gasteiger partial charge in [0.05, 0.1) is 13.2 Å². The molecule has 0 bridgehead atoms. The van der Waals surface area contributed by atoms with Crippen molar-refractivity contribution in [2.75, 3.05) is 11.4 Å². The quantitative estimate of drug-likeness (QED) is 0.910. The number of aliphatic hydroxyl groups excluding tert-OH is 1. The SMILES string of the molecule is CC(C)(C)C(=O)CN(C(=O)C(C)(C)C)c1ccccc1CO.Cl. The summed E-state index contributed by atoms with van der Waals surface area (Å²) in [7, 11) is 0. The third kappa shape index (κ3) is 5.63. The Labute approximate surface area is 145 Å². The lowest BCUT2D eigenvalue weighted by molar-refractivity contribution is -0.130. The highest BCUT2D eigenvalue weighted by atomic mass is 35.5. The second kappa shape index (κ2) is 7.93. The van der Waals surface area contributed by atoms with Crippen molar-refractivity contribution in [1.82, 2.24) is 0 Å². The summed E-state index contributed by atoms with van der Waals surface area (Å²) < 4.78 is 0. The fourth-order valence-electron chi connectivity index (χ4n) is 1.96. The van der Waals surface area contributed by atoms with Gasteiger partial charge in [0.2, 0.25) is 5.91 Å². The number of benzene rings is 1. The molecule has 0 unspecified atom stereocenters. The molecule has 1 rings (SSSR count). The maximum Gasteiger partial charge on any atom is 0.232 e. The van der Waals surface area contributed by atoms with Gasteiger partial charge in [0, 0.05) is 22.1 Å². The zero-order chi connectivity index (χ0) is 17.1. The van der Waals surface area contributed by atoms with Crippen molar-refractivity contribution in [1.29, 1.82) is 0 Å². The Balaban J connectivity index is 0.00000484. The Hall–Kier alpha value is -1.39. The maximum atomic E-state index is 12.8. The first-order valence-electron chi connectivity index (χ1n) is 7.52. The van der Waals surface area contributed by atoms with Crippen molar-refractivity contribution in [3.05, 3.63) is 29.8 Å². The summed E-state index contributed by atoms with van der Waals surface area (Å²) >= 11 is 0. The number of aliphatic hydroxyl groups is 1. The zero-order valence-electron chi connectivity index (χ0n) is 14.8. The van der Waals surface area contributed by atoms with Gasteiger partial charge in [0.15, 0.2) is 5.78 Å². The second-order valence-corrected chi connectivity index (χ2v) is 7.60. The van der Waals surface area contributed by atoms with E-state index in [1.54, 1.807) is 24.3 Å². The van der Waals surface area contributed by atoms with Gasteiger partial charge in [-0.25, -0.2) is 0 Å². The molecule has 0 aromatic heterocycles. The molecule has 0 saturated heterocycles. The largest absolute Gasteiger partial charge is 0.392 e. The van der Waals surface area contributed by atoms with E-state index < -0.39 is 10.8 Å². The lowest BCUT2D eigenvalue weighted by Gasteiger charge is -2.32. The number of Topliss-reactive ketones (excluding diaryl/α,β-unsaturated/α-hetero) is 1. The van der Waals surface area contributed by atoms with Gasteiger partial charge in [0.25, 0.3) is 0 Å². The monoisotopic (exact) mass is 341 g/mol. The van der Waals surface area contributed by atoms with E-state index in [1.165, 1.54) is 4.90 Å². The first-order chi connectivity index (χ1) is 9.98. The molecule has 0 aliphatic heterocycles. The average molecular weight is 342 g/mol. The number of rotatable bonds is 4. The zero-order valence-corrected chi connectivity index (χ0v) is 15.7. The molecular weight excluding hydrogens is 314 g/mol. The number of carbonyl (C=O) groups excluding carboxylic acids is 2. The Kier molecular flexibility index (Phi) is 7.45. The molecular formula is C18H28ClNO3. The molecule has 1 aromatic carbocycles. The van der Waals surface area contributed by atoms with Crippen LogP contribution in [0.5, 0.6) is 0 Å². The molecule has 1 aromatic rings. The Morgan fingerprint density at radius 1 is 1.00 bits per heavy atom. The van der Waals surface area contributed by atoms with Crippen molar-refractivity contribution in [3.8, 4) is 0 Å². The molecule has 5 heteroatoms. The van der Waals surface area contributed by atoms with E-state index in [0.29, 0.717) is 11.3 Å². The number of hydrogen-bond acceptors (Lipinski definition) is 3. The smallest absolute Gasteiger partial charge is 0.232 e. The standard InChI is InChI=1S/C18H27NO3.ClH/c1-17(2,3)15(21)11-19(16(22)18(4,5)6)14-10-8-7-9-13(14)12-20;/h7-10,20H,11-12H2,1-6H3;1H. The van der Waals surface area contributed by atoms with E-state index >= 15 is 0 Å². The van der Waals surface area contributed by atoms with Crippen LogP contribution < -0.4 is 4.90 Å². The van der Waals surface area contributed by atoms with Crippen LogP contribution in [-0.4, -0.2) is 23.3 Å². The Bertz CT molecular complexity index is 556. The van der Waals surface area contributed by atoms with Crippen LogP contribution in [-0.2, 0) is 16.2 Å². The van der Waals surface area contributed by atoms with E-state index in [-0.39, 0.29) is 37.2 Å². The molecule has 1 N–H and O–H groups in total. The third-order valence-corrected chi connectivity index (χ3v) is 3.48. The number of nitrogens with zero attached hydrogens (tertiary/aromatic N) is 1. The van der Waals surface area contributed by atoms with E-state index in [2.05, 4.69) is 0 Å². The second-order valence-electron chi connectivity index (χ2n) is 7.60. The lowest BCUT2D eigenvalue weighted by atomic mass is 9.89. The summed E-state index contributed by atoms with van der Waals surface area (Å²) in [6.07, 6.45) is 0. The Morgan fingerprint density at radius 2 is 1.52 bits per heavy atom. The van der Waals surface area contributed by atoms with Gasteiger partial charge in [-0.2, -0.15) is 0 Å². The van der Waals surface area contributed by atoms with Crippen molar-refractivity contribution in [3.63, 3.8) is 0 Å². The highest BCUT2D eigenvalue weighted by Gasteiger charge is 2.33. The van der Waals surface area contributed by atoms with Crippen LogP contribution in [0.25, 0.3) is 0 Å². The van der Waals surface area contributed by atoms with Gasteiger partial charge in [0.1, 0.15) is 0 Å². The van der Waals surface area contributed by atoms with E-state index in [9.17, 15) is 14.7 Å². The highest BCUT2D eigenvalue weighted by molar-refractivity contribution is 6.03. The number of carbonyl (C=O) groups is 2. The van der Waals surface area contributed by atoms with Crippen molar-refractivity contribution >= 4 is 29.8 Å². The average Bonchev–Trinajstić information content (AvgIpc) is 2.41. The molecule has 0 radical (unpaired) electrons. The Morgan fingerprint density at radius 3 is 1.96 bits per heavy atom. The molecule has 0 aliphatic carbocycles. The number of para-hydroxylation sites is 1. The summed E-state index contributed by atoms with van der Waals surface area (Å²) in [4.78, 5) is 26.7. The van der Waals surface area contributed by atoms with Crippen LogP contribution in [0.3, 0.4) is 0 Å². The molecule has 0 heterocycles. The van der Waals surface area contributed by atoms with Crippen LogP contribution >= 0.6 is 12.4 Å². The number of hydrogen-bond donors (Lipinski definition) is 1. The number of halogens is 1. The molecule has 1 amide bonds. The third-order valence-electron chi connectivity index (χ3n) is 3.48. The number of anilines is 1. The van der Waals surface area contributed by atoms with Crippen LogP contribution in [0, 0.1) is 10.8 Å². The predicted molar refractivity (Wildman–Crippen MR) is 95.9 cm³/mol. The van der Waals surface area contributed by atoms with E-state index in [0.717, 1.165) is 0 Å². The summed E-state index contributed by atoms with van der Waals surface area (Å²) in [6, 6.07) is 7.14. The molecule has 0 saturated carbocycles. The van der Waals surface area contributed by atoms with Crippen LogP contribution in [0.4, 0.5) is 5.69 Å². The van der Waals surface area contributed by atoms with Crippen molar-refractivity contribution in [2.24, 2.45) is 10.8 Å². The van der Waals surface area contributed by atoms with E-state index in [4.69, 9.17) is 0 Å². The lowest BCUT2D eigenvalue weighted by Crippen LogP contribution is -2.45. The number of amides is 1. The topological polar surface area (TPSA) is 57.6 Å². The molecule has 0 spiro atoms. The van der Waals surface area contributed by atoms with Gasteiger partial charge in [-0.1, -0.05) is 59.7 Å². The normalized spacial score (nSPS) is 11.6. The minimum Gasteiger partial charge on any atom is -0.392 e. The van der Waals surface area contributed by atoms with Crippen LogP contribution in [0.1, 0.15) is 47.1 Å². The van der Waals surface area contributed by atoms with Gasteiger partial charge in [-0.15, -0.1) is 12.4 Å². The fourth-order valence-corrected chi connectivity index (χ4v) is 1.96.